The Kier molecular flexibility index (Phi) is 28.5. The number of phenolic OH excluding ortho intramolecular Hbond substituents is 1. The molecule has 7 atom stereocenters. The SMILES string of the molecule is CSCC[C@H](N)C(=O)N[C@@H](CO)C(=O)N[C@@H](CO)C(=O)N[C@@H](Cc1ccc(O)cc1)C(=O)NCC(=O)N[C@@H](CCCN=C(N)N)C(=O)NCC(=O)N[C@H](C(=O)N[C@@H](CCCN=C(N)N)C(=O)O)C(C)C. The third-order valence-corrected chi connectivity index (χ3v) is 10.5. The molecule has 0 fully saturated rings. The van der Waals surface area contributed by atoms with Gasteiger partial charge in [0.1, 0.15) is 42.0 Å². The first-order chi connectivity index (χ1) is 33.0. The van der Waals surface area contributed by atoms with Crippen molar-refractivity contribution < 1.29 is 63.6 Å². The van der Waals surface area contributed by atoms with Crippen LogP contribution in [0, 0.1) is 5.92 Å². The topological polar surface area (TPSA) is 486 Å². The molecule has 70 heavy (non-hydrogen) atoms. The molecule has 0 saturated heterocycles. The normalized spacial score (nSPS) is 13.8. The molecule has 0 bridgehead atoms. The van der Waals surface area contributed by atoms with Crippen LogP contribution >= 0.6 is 11.8 Å². The second kappa shape index (κ2) is 32.7. The van der Waals surface area contributed by atoms with Crippen LogP contribution in [0.25, 0.3) is 0 Å². The summed E-state index contributed by atoms with van der Waals surface area (Å²) in [5.74, 6) is -9.12. The van der Waals surface area contributed by atoms with Gasteiger partial charge in [-0.3, -0.25) is 48.3 Å². The number of carbonyl (C=O) groups is 9. The lowest BCUT2D eigenvalue weighted by molar-refractivity contribution is -0.142. The summed E-state index contributed by atoms with van der Waals surface area (Å²) in [4.78, 5) is 125. The number of carboxylic acid groups (broad SMARTS) is 1. The molecule has 22 N–H and O–H groups in total. The van der Waals surface area contributed by atoms with Gasteiger partial charge in [0.25, 0.3) is 0 Å². The van der Waals surface area contributed by atoms with Gasteiger partial charge in [-0.1, -0.05) is 26.0 Å². The van der Waals surface area contributed by atoms with Crippen molar-refractivity contribution >= 4 is 76.9 Å². The summed E-state index contributed by atoms with van der Waals surface area (Å²) < 4.78 is 0. The average molecular weight is 1010 g/mol. The fraction of sp³-hybridized carbons (Fsp3) is 0.585. The zero-order chi connectivity index (χ0) is 52.9. The molecule has 29 heteroatoms. The van der Waals surface area contributed by atoms with Crippen LogP contribution in [0.5, 0.6) is 5.75 Å². The number of aliphatic carboxylic acids is 1. The highest BCUT2D eigenvalue weighted by Crippen LogP contribution is 2.12. The number of aliphatic hydroxyl groups is 2. The zero-order valence-electron chi connectivity index (χ0n) is 39.3. The predicted molar refractivity (Wildman–Crippen MR) is 257 cm³/mol. The number of aliphatic hydroxyl groups excluding tert-OH is 2. The smallest absolute Gasteiger partial charge is 0.326 e. The Morgan fingerprint density at radius 3 is 1.53 bits per heavy atom. The van der Waals surface area contributed by atoms with Crippen LogP contribution in [0.2, 0.25) is 0 Å². The van der Waals surface area contributed by atoms with Crippen molar-refractivity contribution in [1.82, 2.24) is 42.5 Å². The highest BCUT2D eigenvalue weighted by molar-refractivity contribution is 7.98. The Balaban J connectivity index is 3.13. The number of aromatic hydroxyl groups is 1. The monoisotopic (exact) mass is 1010 g/mol. The van der Waals surface area contributed by atoms with Crippen LogP contribution < -0.4 is 71.2 Å². The van der Waals surface area contributed by atoms with Crippen LogP contribution in [0.15, 0.2) is 34.3 Å². The van der Waals surface area contributed by atoms with Crippen molar-refractivity contribution in [1.29, 1.82) is 0 Å². The van der Waals surface area contributed by atoms with E-state index in [1.54, 1.807) is 13.8 Å². The van der Waals surface area contributed by atoms with Gasteiger partial charge in [0, 0.05) is 19.5 Å². The first-order valence-electron chi connectivity index (χ1n) is 22.0. The molecule has 0 spiro atoms. The summed E-state index contributed by atoms with van der Waals surface area (Å²) in [6.07, 6.45) is 2.09. The summed E-state index contributed by atoms with van der Waals surface area (Å²) in [7, 11) is 0. The van der Waals surface area contributed by atoms with Gasteiger partial charge in [-0.25, -0.2) is 4.79 Å². The molecule has 0 heterocycles. The maximum absolute atomic E-state index is 13.6. The molecule has 1 aromatic rings. The molecule has 0 aromatic heterocycles. The number of rotatable bonds is 33. The van der Waals surface area contributed by atoms with E-state index in [4.69, 9.17) is 28.7 Å². The van der Waals surface area contributed by atoms with E-state index < -0.39 is 128 Å². The third kappa shape index (κ3) is 24.3. The third-order valence-electron chi connectivity index (χ3n) is 9.88. The van der Waals surface area contributed by atoms with Crippen LogP contribution in [-0.4, -0.2) is 179 Å². The van der Waals surface area contributed by atoms with Crippen LogP contribution in [-0.2, 0) is 49.6 Å². The summed E-state index contributed by atoms with van der Waals surface area (Å²) in [6, 6.07) is -4.15. The number of amides is 8. The van der Waals surface area contributed by atoms with Crippen LogP contribution in [0.4, 0.5) is 0 Å². The first-order valence-corrected chi connectivity index (χ1v) is 23.4. The van der Waals surface area contributed by atoms with Crippen molar-refractivity contribution in [3.05, 3.63) is 29.8 Å². The van der Waals surface area contributed by atoms with Crippen LogP contribution in [0.1, 0.15) is 51.5 Å². The fourth-order valence-electron chi connectivity index (χ4n) is 6.05. The lowest BCUT2D eigenvalue weighted by Gasteiger charge is -2.25. The molecule has 392 valence electrons. The Hall–Kier alpha value is -6.98. The van der Waals surface area contributed by atoms with Gasteiger partial charge in [-0.15, -0.1) is 0 Å². The van der Waals surface area contributed by atoms with Crippen molar-refractivity contribution in [2.24, 2.45) is 44.6 Å². The number of hydrogen-bond acceptors (Lipinski definition) is 16. The highest BCUT2D eigenvalue weighted by atomic mass is 32.2. The predicted octanol–water partition coefficient (Wildman–Crippen LogP) is -7.01. The molecule has 8 amide bonds. The Morgan fingerprint density at radius 1 is 0.600 bits per heavy atom. The lowest BCUT2D eigenvalue weighted by Crippen LogP contribution is -2.60. The van der Waals surface area contributed by atoms with Gasteiger partial charge in [0.2, 0.25) is 47.3 Å². The number of hydrogen-bond donors (Lipinski definition) is 17. The van der Waals surface area contributed by atoms with E-state index in [1.165, 1.54) is 36.0 Å². The summed E-state index contributed by atoms with van der Waals surface area (Å²) >= 11 is 1.44. The van der Waals surface area contributed by atoms with E-state index in [9.17, 15) is 63.6 Å². The molecule has 1 rings (SSSR count). The molecular weight excluding hydrogens is 943 g/mol. The van der Waals surface area contributed by atoms with Crippen molar-refractivity contribution in [2.75, 3.05) is 51.4 Å². The van der Waals surface area contributed by atoms with Gasteiger partial charge >= 0.3 is 5.97 Å². The minimum Gasteiger partial charge on any atom is -0.508 e. The molecular formula is C41H69N15O13S. The Labute approximate surface area is 408 Å². The molecule has 0 saturated carbocycles. The number of nitrogens with two attached hydrogens (primary N) is 5. The van der Waals surface area contributed by atoms with Crippen LogP contribution in [0.3, 0.4) is 0 Å². The van der Waals surface area contributed by atoms with E-state index >= 15 is 0 Å². The van der Waals surface area contributed by atoms with Crippen molar-refractivity contribution in [2.45, 2.75) is 94.7 Å². The van der Waals surface area contributed by atoms with E-state index in [1.807, 2.05) is 6.26 Å². The van der Waals surface area contributed by atoms with Crippen molar-refractivity contribution in [3.63, 3.8) is 0 Å². The number of benzene rings is 1. The maximum atomic E-state index is 13.6. The number of nitrogens with one attached hydrogen (secondary N) is 8. The number of nitrogens with zero attached hydrogens (tertiary/aromatic N) is 2. The van der Waals surface area contributed by atoms with Gasteiger partial charge in [-0.2, -0.15) is 11.8 Å². The van der Waals surface area contributed by atoms with E-state index in [0.29, 0.717) is 11.3 Å². The van der Waals surface area contributed by atoms with Gasteiger partial charge in [-0.05, 0) is 67.7 Å². The quantitative estimate of drug-likeness (QED) is 0.0177. The second-order valence-electron chi connectivity index (χ2n) is 15.9. The summed E-state index contributed by atoms with van der Waals surface area (Å²) in [5, 5.41) is 58.1. The fourth-order valence-corrected chi connectivity index (χ4v) is 6.53. The molecule has 0 aliphatic carbocycles. The lowest BCUT2D eigenvalue weighted by atomic mass is 10.0. The largest absolute Gasteiger partial charge is 0.508 e. The summed E-state index contributed by atoms with van der Waals surface area (Å²) in [5.41, 5.74) is 27.6. The molecule has 0 unspecified atom stereocenters. The molecule has 0 aliphatic heterocycles. The average Bonchev–Trinajstić information content (AvgIpc) is 3.30. The van der Waals surface area contributed by atoms with Gasteiger partial charge in [0.15, 0.2) is 11.9 Å². The maximum Gasteiger partial charge on any atom is 0.326 e. The highest BCUT2D eigenvalue weighted by Gasteiger charge is 2.32. The standard InChI is InChI=1S/C41H69N15O13S/c1-21(2)32(38(67)52-26(39(68)69)7-5-14-48-41(45)46)56-31(61)18-49-34(63)25(6-4-13-47-40(43)44)51-30(60)17-50-35(64)27(16-22-8-10-23(59)11-9-22)53-36(65)29(20-58)55-37(66)28(19-57)54-33(62)24(42)12-15-70-3/h8-11,21,24-29,32,57-59H,4-7,12-20,42H2,1-3H3,(H,49,63)(H,50,64)(H,51,60)(H,52,67)(H,53,65)(H,54,62)(H,55,66)(H,56,61)(H,68,69)(H4,43,44,47)(H4,45,46,48)/t24-,25-,26-,27-,28-,29-,32-/m0/s1. The van der Waals surface area contributed by atoms with E-state index in [-0.39, 0.29) is 69.3 Å². The second-order valence-corrected chi connectivity index (χ2v) is 16.9. The van der Waals surface area contributed by atoms with E-state index in [2.05, 4.69) is 52.5 Å². The minimum atomic E-state index is -1.71. The molecule has 1 aromatic carbocycles. The zero-order valence-corrected chi connectivity index (χ0v) is 40.1. The molecule has 0 radical (unpaired) electrons. The Morgan fingerprint density at radius 2 is 1.06 bits per heavy atom. The molecule has 0 aliphatic rings. The number of phenols is 1. The van der Waals surface area contributed by atoms with E-state index in [0.717, 1.165) is 0 Å². The molecule has 28 nitrogen and oxygen atoms in total. The van der Waals surface area contributed by atoms with Gasteiger partial charge < -0.3 is 91.6 Å². The number of aliphatic imine (C=N–C) groups is 2. The summed E-state index contributed by atoms with van der Waals surface area (Å²) in [6.45, 7) is -0.00758. The number of carbonyl (C=O) groups excluding carboxylic acids is 8. The number of guanidine groups is 2. The number of carboxylic acids is 1. The van der Waals surface area contributed by atoms with Gasteiger partial charge in [0.05, 0.1) is 32.3 Å². The Bertz CT molecular complexity index is 1970. The minimum absolute atomic E-state index is 0.0256. The van der Waals surface area contributed by atoms with Crippen molar-refractivity contribution in [3.8, 4) is 5.75 Å². The first kappa shape index (κ1) is 61.0. The number of thioether (sulfide) groups is 1.